The van der Waals surface area contributed by atoms with E-state index in [-0.39, 0.29) is 17.3 Å². The highest BCUT2D eigenvalue weighted by Gasteiger charge is 2.28. The van der Waals surface area contributed by atoms with Crippen molar-refractivity contribution in [3.05, 3.63) is 59.2 Å². The molecule has 20 heavy (non-hydrogen) atoms. The lowest BCUT2D eigenvalue weighted by molar-refractivity contribution is 0.0696. The summed E-state index contributed by atoms with van der Waals surface area (Å²) < 4.78 is 0. The van der Waals surface area contributed by atoms with Gasteiger partial charge in [-0.3, -0.25) is 4.79 Å². The van der Waals surface area contributed by atoms with Gasteiger partial charge in [0.15, 0.2) is 5.78 Å². The number of Topliss-reactive ketones (excluding diaryl/α,β-unsaturated/α-hetero) is 1. The number of carbonyl (C=O) groups excluding carboxylic acids is 1. The molecule has 3 heteroatoms. The SMILES string of the molecule is CC1Cc2c(cccc2-c2ccc(C(=O)O)cc2)C1=O. The Kier molecular flexibility index (Phi) is 2.90. The molecule has 0 aromatic heterocycles. The van der Waals surface area contributed by atoms with E-state index in [0.29, 0.717) is 0 Å². The van der Waals surface area contributed by atoms with E-state index in [1.165, 1.54) is 0 Å². The molecule has 2 aromatic carbocycles. The third-order valence-electron chi connectivity index (χ3n) is 3.84. The van der Waals surface area contributed by atoms with E-state index >= 15 is 0 Å². The van der Waals surface area contributed by atoms with Gasteiger partial charge in [-0.2, -0.15) is 0 Å². The van der Waals surface area contributed by atoms with E-state index in [4.69, 9.17) is 5.11 Å². The lowest BCUT2D eigenvalue weighted by Gasteiger charge is -2.08. The summed E-state index contributed by atoms with van der Waals surface area (Å²) in [7, 11) is 0. The average Bonchev–Trinajstić information content (AvgIpc) is 2.74. The molecule has 0 saturated heterocycles. The van der Waals surface area contributed by atoms with Gasteiger partial charge in [-0.05, 0) is 35.2 Å². The van der Waals surface area contributed by atoms with Crippen molar-refractivity contribution in [1.29, 1.82) is 0 Å². The van der Waals surface area contributed by atoms with Crippen molar-refractivity contribution in [2.24, 2.45) is 5.92 Å². The molecule has 0 aliphatic heterocycles. The van der Waals surface area contributed by atoms with Gasteiger partial charge < -0.3 is 5.11 Å². The summed E-state index contributed by atoms with van der Waals surface area (Å²) in [5.41, 5.74) is 4.13. The molecular formula is C17H14O3. The van der Waals surface area contributed by atoms with Crippen molar-refractivity contribution < 1.29 is 14.7 Å². The zero-order valence-electron chi connectivity index (χ0n) is 11.1. The molecule has 0 heterocycles. The first-order valence-corrected chi connectivity index (χ1v) is 6.58. The topological polar surface area (TPSA) is 54.4 Å². The molecule has 0 saturated carbocycles. The van der Waals surface area contributed by atoms with Gasteiger partial charge in [0.2, 0.25) is 0 Å². The molecule has 3 rings (SSSR count). The number of fused-ring (bicyclic) bond motifs is 1. The van der Waals surface area contributed by atoms with Crippen LogP contribution in [0.3, 0.4) is 0 Å². The number of rotatable bonds is 2. The third kappa shape index (κ3) is 1.92. The van der Waals surface area contributed by atoms with E-state index in [9.17, 15) is 9.59 Å². The Morgan fingerprint density at radius 1 is 1.10 bits per heavy atom. The van der Waals surface area contributed by atoms with Gasteiger partial charge in [-0.25, -0.2) is 4.79 Å². The van der Waals surface area contributed by atoms with Crippen LogP contribution in [0.2, 0.25) is 0 Å². The smallest absolute Gasteiger partial charge is 0.335 e. The first-order chi connectivity index (χ1) is 9.58. The average molecular weight is 266 g/mol. The van der Waals surface area contributed by atoms with E-state index in [0.717, 1.165) is 28.7 Å². The second-order valence-corrected chi connectivity index (χ2v) is 5.18. The fraction of sp³-hybridized carbons (Fsp3) is 0.176. The first-order valence-electron chi connectivity index (χ1n) is 6.58. The molecule has 1 aliphatic carbocycles. The lowest BCUT2D eigenvalue weighted by Crippen LogP contribution is -2.02. The van der Waals surface area contributed by atoms with Gasteiger partial charge in [0, 0.05) is 11.5 Å². The Bertz CT molecular complexity index is 699. The fourth-order valence-corrected chi connectivity index (χ4v) is 2.76. The van der Waals surface area contributed by atoms with Crippen LogP contribution in [0.5, 0.6) is 0 Å². The second-order valence-electron chi connectivity index (χ2n) is 5.18. The normalized spacial score (nSPS) is 17.1. The zero-order valence-corrected chi connectivity index (χ0v) is 11.1. The number of benzene rings is 2. The molecular weight excluding hydrogens is 252 g/mol. The third-order valence-corrected chi connectivity index (χ3v) is 3.84. The van der Waals surface area contributed by atoms with Crippen LogP contribution in [0.25, 0.3) is 11.1 Å². The van der Waals surface area contributed by atoms with E-state index in [1.807, 2.05) is 25.1 Å². The van der Waals surface area contributed by atoms with Gasteiger partial charge in [0.25, 0.3) is 0 Å². The van der Waals surface area contributed by atoms with Crippen LogP contribution in [-0.2, 0) is 6.42 Å². The molecule has 0 fully saturated rings. The fourth-order valence-electron chi connectivity index (χ4n) is 2.76. The van der Waals surface area contributed by atoms with E-state index in [2.05, 4.69) is 0 Å². The van der Waals surface area contributed by atoms with Crippen LogP contribution in [0.1, 0.15) is 33.2 Å². The maximum atomic E-state index is 12.0. The number of carbonyl (C=O) groups is 2. The standard InChI is InChI=1S/C17H14O3/c1-10-9-15-13(3-2-4-14(15)16(10)18)11-5-7-12(8-6-11)17(19)20/h2-8,10H,9H2,1H3,(H,19,20). The van der Waals surface area contributed by atoms with Crippen molar-refractivity contribution in [2.75, 3.05) is 0 Å². The molecule has 0 bridgehead atoms. The number of ketones is 1. The monoisotopic (exact) mass is 266 g/mol. The number of carboxylic acid groups (broad SMARTS) is 1. The quantitative estimate of drug-likeness (QED) is 0.906. The van der Waals surface area contributed by atoms with Gasteiger partial charge in [-0.1, -0.05) is 37.3 Å². The van der Waals surface area contributed by atoms with Gasteiger partial charge in [0.05, 0.1) is 5.56 Å². The van der Waals surface area contributed by atoms with Crippen molar-refractivity contribution in [2.45, 2.75) is 13.3 Å². The number of hydrogen-bond donors (Lipinski definition) is 1. The van der Waals surface area contributed by atoms with Crippen LogP contribution in [0, 0.1) is 5.92 Å². The van der Waals surface area contributed by atoms with Crippen LogP contribution in [-0.4, -0.2) is 16.9 Å². The maximum Gasteiger partial charge on any atom is 0.335 e. The highest BCUT2D eigenvalue weighted by Crippen LogP contribution is 2.34. The molecule has 0 radical (unpaired) electrons. The molecule has 0 spiro atoms. The van der Waals surface area contributed by atoms with Crippen LogP contribution < -0.4 is 0 Å². The Hall–Kier alpha value is -2.42. The lowest BCUT2D eigenvalue weighted by atomic mass is 9.96. The largest absolute Gasteiger partial charge is 0.478 e. The maximum absolute atomic E-state index is 12.0. The molecule has 1 N–H and O–H groups in total. The molecule has 1 atom stereocenters. The molecule has 3 nitrogen and oxygen atoms in total. The molecule has 1 unspecified atom stereocenters. The van der Waals surface area contributed by atoms with Crippen LogP contribution >= 0.6 is 0 Å². The van der Waals surface area contributed by atoms with Gasteiger partial charge in [0.1, 0.15) is 0 Å². The summed E-state index contributed by atoms with van der Waals surface area (Å²) in [6, 6.07) is 12.5. The summed E-state index contributed by atoms with van der Waals surface area (Å²) in [5, 5.41) is 8.93. The van der Waals surface area contributed by atoms with E-state index < -0.39 is 5.97 Å². The predicted molar refractivity (Wildman–Crippen MR) is 76.0 cm³/mol. The van der Waals surface area contributed by atoms with Gasteiger partial charge in [-0.15, -0.1) is 0 Å². The molecule has 2 aromatic rings. The van der Waals surface area contributed by atoms with Crippen molar-refractivity contribution in [3.63, 3.8) is 0 Å². The minimum Gasteiger partial charge on any atom is -0.478 e. The van der Waals surface area contributed by atoms with Gasteiger partial charge >= 0.3 is 5.97 Å². The minimum absolute atomic E-state index is 0.0319. The molecule has 1 aliphatic rings. The summed E-state index contributed by atoms with van der Waals surface area (Å²) in [4.78, 5) is 22.9. The summed E-state index contributed by atoms with van der Waals surface area (Å²) in [6.07, 6.45) is 0.755. The first kappa shape index (κ1) is 12.6. The van der Waals surface area contributed by atoms with Crippen LogP contribution in [0.4, 0.5) is 0 Å². The highest BCUT2D eigenvalue weighted by molar-refractivity contribution is 6.04. The molecule has 0 amide bonds. The zero-order chi connectivity index (χ0) is 14.3. The summed E-state index contributed by atoms with van der Waals surface area (Å²) in [6.45, 7) is 1.94. The number of carboxylic acids is 1. The summed E-state index contributed by atoms with van der Waals surface area (Å²) in [5.74, 6) is -0.702. The summed E-state index contributed by atoms with van der Waals surface area (Å²) >= 11 is 0. The van der Waals surface area contributed by atoms with E-state index in [1.54, 1.807) is 24.3 Å². The Morgan fingerprint density at radius 3 is 2.40 bits per heavy atom. The molecule has 100 valence electrons. The van der Waals surface area contributed by atoms with Crippen LogP contribution in [0.15, 0.2) is 42.5 Å². The predicted octanol–water partition coefficient (Wildman–Crippen LogP) is 3.43. The Labute approximate surface area is 116 Å². The number of aromatic carboxylic acids is 1. The number of hydrogen-bond acceptors (Lipinski definition) is 2. The van der Waals surface area contributed by atoms with Crippen molar-refractivity contribution >= 4 is 11.8 Å². The minimum atomic E-state index is -0.932. The Balaban J connectivity index is 2.08. The second kappa shape index (κ2) is 4.60. The highest BCUT2D eigenvalue weighted by atomic mass is 16.4. The Morgan fingerprint density at radius 2 is 1.75 bits per heavy atom. The van der Waals surface area contributed by atoms with Crippen molar-refractivity contribution in [3.8, 4) is 11.1 Å². The van der Waals surface area contributed by atoms with Crippen molar-refractivity contribution in [1.82, 2.24) is 0 Å².